The highest BCUT2D eigenvalue weighted by molar-refractivity contribution is 5.34. The van der Waals surface area contributed by atoms with Gasteiger partial charge in [-0.15, -0.1) is 0 Å². The van der Waals surface area contributed by atoms with E-state index in [1.165, 1.54) is 0 Å². The van der Waals surface area contributed by atoms with E-state index >= 15 is 0 Å². The molecule has 1 unspecified atom stereocenters. The molecule has 0 rings (SSSR count). The first-order valence-electron chi connectivity index (χ1n) is 5.05. The molecule has 0 fully saturated rings. The lowest BCUT2D eigenvalue weighted by atomic mass is 10.2. The predicted molar refractivity (Wildman–Crippen MR) is 66.4 cm³/mol. The van der Waals surface area contributed by atoms with Crippen LogP contribution in [-0.2, 0) is 0 Å². The molecule has 0 saturated heterocycles. The van der Waals surface area contributed by atoms with Crippen molar-refractivity contribution in [2.45, 2.75) is 19.4 Å². The van der Waals surface area contributed by atoms with Gasteiger partial charge in [-0.3, -0.25) is 0 Å². The normalized spacial score (nSPS) is 12.4. The fourth-order valence-corrected chi connectivity index (χ4v) is 0.763. The van der Waals surface area contributed by atoms with Gasteiger partial charge in [-0.2, -0.15) is 0 Å². The largest absolute Gasteiger partial charge is 0.396 e. The Morgan fingerprint density at radius 2 is 1.81 bits per heavy atom. The Bertz CT molecular complexity index is 367. The first-order chi connectivity index (χ1) is 7.81. The third-order valence-electron chi connectivity index (χ3n) is 1.51. The van der Waals surface area contributed by atoms with Gasteiger partial charge in [0.05, 0.1) is 6.10 Å². The van der Waals surface area contributed by atoms with E-state index in [1.54, 1.807) is 30.4 Å². The van der Waals surface area contributed by atoms with Gasteiger partial charge in [-0.25, -0.2) is 0 Å². The Hall–Kier alpha value is -1.74. The van der Waals surface area contributed by atoms with E-state index in [0.717, 1.165) is 0 Å². The lowest BCUT2D eigenvalue weighted by molar-refractivity contribution is 0.170. The molecule has 0 aromatic carbocycles. The van der Waals surface area contributed by atoms with Gasteiger partial charge in [0.2, 0.25) is 0 Å². The second-order valence-corrected chi connectivity index (χ2v) is 2.86. The van der Waals surface area contributed by atoms with Crippen LogP contribution in [0.1, 0.15) is 13.3 Å². The summed E-state index contributed by atoms with van der Waals surface area (Å²) in [6.07, 6.45) is 9.97. The van der Waals surface area contributed by atoms with Crippen LogP contribution in [0.2, 0.25) is 0 Å². The van der Waals surface area contributed by atoms with E-state index in [2.05, 4.69) is 23.7 Å². The van der Waals surface area contributed by atoms with Crippen LogP contribution in [0, 0.1) is 23.7 Å². The molecule has 0 radical (unpaired) electrons. The van der Waals surface area contributed by atoms with Gasteiger partial charge in [-0.05, 0) is 37.3 Å². The zero-order valence-corrected chi connectivity index (χ0v) is 9.35. The standard InChI is InChI=1S/C14H16O2/c1-2-3-4-5-6-7-8-9-10-11-14(16)12-13-15/h2-3,8-11,14-16H,12-13H2,1H3/b3-2+,9-8-,11-10+. The molecule has 0 aliphatic heterocycles. The Labute approximate surface area is 97.0 Å². The van der Waals surface area contributed by atoms with Crippen molar-refractivity contribution >= 4 is 0 Å². The summed E-state index contributed by atoms with van der Waals surface area (Å²) in [6.45, 7) is 1.88. The second kappa shape index (κ2) is 11.3. The van der Waals surface area contributed by atoms with Crippen molar-refractivity contribution in [3.8, 4) is 23.7 Å². The fraction of sp³-hybridized carbons (Fsp3) is 0.286. The molecule has 0 aliphatic carbocycles. The summed E-state index contributed by atoms with van der Waals surface area (Å²) in [5, 5.41) is 17.7. The van der Waals surface area contributed by atoms with E-state index in [1.807, 2.05) is 13.0 Å². The predicted octanol–water partition coefficient (Wildman–Crippen LogP) is 1.42. The van der Waals surface area contributed by atoms with Crippen LogP contribution in [0.3, 0.4) is 0 Å². The number of aliphatic hydroxyl groups excluding tert-OH is 2. The zero-order valence-electron chi connectivity index (χ0n) is 9.35. The number of hydrogen-bond acceptors (Lipinski definition) is 2. The van der Waals surface area contributed by atoms with Crippen molar-refractivity contribution in [2.24, 2.45) is 0 Å². The third kappa shape index (κ3) is 10.3. The van der Waals surface area contributed by atoms with Crippen molar-refractivity contribution in [1.29, 1.82) is 0 Å². The number of rotatable bonds is 4. The molecule has 2 heteroatoms. The van der Waals surface area contributed by atoms with E-state index in [4.69, 9.17) is 5.11 Å². The van der Waals surface area contributed by atoms with E-state index in [0.29, 0.717) is 6.42 Å². The lowest BCUT2D eigenvalue weighted by Crippen LogP contribution is -2.03. The molecule has 0 aromatic rings. The molecule has 0 spiro atoms. The third-order valence-corrected chi connectivity index (χ3v) is 1.51. The maximum Gasteiger partial charge on any atom is 0.0745 e. The average molecular weight is 216 g/mol. The molecule has 0 bridgehead atoms. The number of aliphatic hydroxyl groups is 2. The molecule has 16 heavy (non-hydrogen) atoms. The van der Waals surface area contributed by atoms with Gasteiger partial charge in [0, 0.05) is 6.61 Å². The summed E-state index contributed by atoms with van der Waals surface area (Å²) >= 11 is 0. The molecule has 0 saturated carbocycles. The quantitative estimate of drug-likeness (QED) is 0.551. The first-order valence-corrected chi connectivity index (χ1v) is 5.05. The molecular weight excluding hydrogens is 200 g/mol. The Kier molecular flexibility index (Phi) is 10.1. The van der Waals surface area contributed by atoms with Crippen LogP contribution in [0.15, 0.2) is 36.5 Å². The van der Waals surface area contributed by atoms with Crippen LogP contribution in [-0.4, -0.2) is 22.9 Å². The highest BCUT2D eigenvalue weighted by Crippen LogP contribution is 1.91. The monoisotopic (exact) mass is 216 g/mol. The van der Waals surface area contributed by atoms with E-state index in [9.17, 15) is 5.11 Å². The molecule has 0 amide bonds. The summed E-state index contributed by atoms with van der Waals surface area (Å²) in [4.78, 5) is 0. The van der Waals surface area contributed by atoms with Gasteiger partial charge in [0.1, 0.15) is 0 Å². The van der Waals surface area contributed by atoms with Crippen LogP contribution in [0.25, 0.3) is 0 Å². The Morgan fingerprint density at radius 1 is 1.12 bits per heavy atom. The fourth-order valence-electron chi connectivity index (χ4n) is 0.763. The highest BCUT2D eigenvalue weighted by atomic mass is 16.3. The van der Waals surface area contributed by atoms with Crippen molar-refractivity contribution in [3.05, 3.63) is 36.5 Å². The van der Waals surface area contributed by atoms with Gasteiger partial charge in [-0.1, -0.05) is 36.1 Å². The summed E-state index contributed by atoms with van der Waals surface area (Å²) in [5.74, 6) is 10.8. The Morgan fingerprint density at radius 3 is 2.44 bits per heavy atom. The van der Waals surface area contributed by atoms with Crippen LogP contribution < -0.4 is 0 Å². The maximum atomic E-state index is 9.20. The summed E-state index contributed by atoms with van der Waals surface area (Å²) in [6, 6.07) is 0. The van der Waals surface area contributed by atoms with Crippen LogP contribution in [0.5, 0.6) is 0 Å². The molecule has 2 nitrogen and oxygen atoms in total. The van der Waals surface area contributed by atoms with Crippen molar-refractivity contribution in [3.63, 3.8) is 0 Å². The molecular formula is C14H16O2. The van der Waals surface area contributed by atoms with Crippen molar-refractivity contribution < 1.29 is 10.2 Å². The maximum absolute atomic E-state index is 9.20. The van der Waals surface area contributed by atoms with Gasteiger partial charge in [0.25, 0.3) is 0 Å². The minimum Gasteiger partial charge on any atom is -0.396 e. The average Bonchev–Trinajstić information content (AvgIpc) is 2.27. The van der Waals surface area contributed by atoms with Crippen molar-refractivity contribution in [2.75, 3.05) is 6.61 Å². The van der Waals surface area contributed by atoms with Gasteiger partial charge >= 0.3 is 0 Å². The number of hydrogen-bond donors (Lipinski definition) is 2. The second-order valence-electron chi connectivity index (χ2n) is 2.86. The minimum absolute atomic E-state index is 0.0183. The van der Waals surface area contributed by atoms with E-state index in [-0.39, 0.29) is 6.61 Å². The lowest BCUT2D eigenvalue weighted by Gasteiger charge is -1.98. The first kappa shape index (κ1) is 14.3. The minimum atomic E-state index is -0.600. The summed E-state index contributed by atoms with van der Waals surface area (Å²) in [5.41, 5.74) is 0. The SMILES string of the molecule is C/C=C/C#CC#C/C=C\C=C\C(O)CCO. The molecule has 0 heterocycles. The molecule has 2 N–H and O–H groups in total. The smallest absolute Gasteiger partial charge is 0.0745 e. The van der Waals surface area contributed by atoms with Crippen molar-refractivity contribution in [1.82, 2.24) is 0 Å². The summed E-state index contributed by atoms with van der Waals surface area (Å²) < 4.78 is 0. The summed E-state index contributed by atoms with van der Waals surface area (Å²) in [7, 11) is 0. The van der Waals surface area contributed by atoms with E-state index < -0.39 is 6.10 Å². The van der Waals surface area contributed by atoms with Gasteiger partial charge in [0.15, 0.2) is 0 Å². The number of allylic oxidation sites excluding steroid dienone is 5. The van der Waals surface area contributed by atoms with Gasteiger partial charge < -0.3 is 10.2 Å². The highest BCUT2D eigenvalue weighted by Gasteiger charge is 1.93. The molecule has 1 atom stereocenters. The van der Waals surface area contributed by atoms with Crippen LogP contribution >= 0.6 is 0 Å². The molecule has 0 aromatic heterocycles. The topological polar surface area (TPSA) is 40.5 Å². The Balaban J connectivity index is 3.90. The molecule has 0 aliphatic rings. The zero-order chi connectivity index (χ0) is 12.1. The van der Waals surface area contributed by atoms with Crippen LogP contribution in [0.4, 0.5) is 0 Å². The molecule has 84 valence electrons.